The van der Waals surface area contributed by atoms with Crippen LogP contribution in [0.25, 0.3) is 0 Å². The molecule has 1 aromatic carbocycles. The van der Waals surface area contributed by atoms with E-state index in [0.29, 0.717) is 14.5 Å². The molecule has 2 aromatic rings. The van der Waals surface area contributed by atoms with Gasteiger partial charge in [-0.25, -0.2) is 9.07 Å². The van der Waals surface area contributed by atoms with Gasteiger partial charge in [-0.05, 0) is 43.5 Å². The molecule has 0 aliphatic rings. The summed E-state index contributed by atoms with van der Waals surface area (Å²) in [6.07, 6.45) is 1.48. The molecule has 3 nitrogen and oxygen atoms in total. The van der Waals surface area contributed by atoms with Crippen molar-refractivity contribution < 1.29 is 4.39 Å². The minimum atomic E-state index is -0.515. The van der Waals surface area contributed by atoms with Crippen molar-refractivity contribution in [1.82, 2.24) is 9.78 Å². The van der Waals surface area contributed by atoms with Crippen LogP contribution in [0.1, 0.15) is 5.56 Å². The van der Waals surface area contributed by atoms with Gasteiger partial charge >= 0.3 is 0 Å². The van der Waals surface area contributed by atoms with E-state index in [2.05, 4.69) is 37.0 Å². The van der Waals surface area contributed by atoms with Gasteiger partial charge in [0.2, 0.25) is 0 Å². The Balaban J connectivity index is 2.44. The van der Waals surface area contributed by atoms with Crippen LogP contribution >= 0.6 is 43.5 Å². The summed E-state index contributed by atoms with van der Waals surface area (Å²) >= 11 is 12.2. The molecule has 7 heteroatoms. The van der Waals surface area contributed by atoms with Gasteiger partial charge in [0.15, 0.2) is 0 Å². The lowest BCUT2D eigenvalue weighted by atomic mass is 10.2. The van der Waals surface area contributed by atoms with Crippen LogP contribution in [0, 0.1) is 5.82 Å². The van der Waals surface area contributed by atoms with Gasteiger partial charge in [-0.2, -0.15) is 5.10 Å². The number of aromatic nitrogens is 2. The highest BCUT2D eigenvalue weighted by molar-refractivity contribution is 9.13. The van der Waals surface area contributed by atoms with E-state index in [0.717, 1.165) is 0 Å². The largest absolute Gasteiger partial charge is 0.282 e. The summed E-state index contributed by atoms with van der Waals surface area (Å²) in [4.78, 5) is 11.9. The molecule has 0 saturated carbocycles. The Bertz CT molecular complexity index is 660. The number of benzene rings is 1. The molecule has 0 fully saturated rings. The third kappa shape index (κ3) is 2.65. The first-order chi connectivity index (χ1) is 8.50. The Morgan fingerprint density at radius 2 is 2.11 bits per heavy atom. The fourth-order valence-corrected chi connectivity index (χ4v) is 2.14. The summed E-state index contributed by atoms with van der Waals surface area (Å²) in [6.45, 7) is 0.112. The standard InChI is InChI=1S/C11H6Br2ClFN2O/c12-7-4-16-17(11(18)9(7)13)5-6-2-1-3-8(15)10(6)14/h1-4H,5H2. The van der Waals surface area contributed by atoms with Crippen LogP contribution in [0.4, 0.5) is 4.39 Å². The van der Waals surface area contributed by atoms with Gasteiger partial charge in [0, 0.05) is 0 Å². The van der Waals surface area contributed by atoms with Crippen LogP contribution in [0.5, 0.6) is 0 Å². The fraction of sp³-hybridized carbons (Fsp3) is 0.0909. The lowest BCUT2D eigenvalue weighted by Crippen LogP contribution is -2.24. The molecule has 94 valence electrons. The molecular weight excluding hydrogens is 390 g/mol. The van der Waals surface area contributed by atoms with Crippen LogP contribution < -0.4 is 5.56 Å². The third-order valence-electron chi connectivity index (χ3n) is 2.29. The quantitative estimate of drug-likeness (QED) is 0.777. The van der Waals surface area contributed by atoms with Gasteiger partial charge in [0.25, 0.3) is 5.56 Å². The molecule has 18 heavy (non-hydrogen) atoms. The van der Waals surface area contributed by atoms with Crippen molar-refractivity contribution in [1.29, 1.82) is 0 Å². The summed E-state index contributed by atoms with van der Waals surface area (Å²) in [7, 11) is 0. The molecule has 0 radical (unpaired) electrons. The minimum absolute atomic E-state index is 0.00485. The van der Waals surface area contributed by atoms with Crippen molar-refractivity contribution in [3.05, 3.63) is 60.1 Å². The molecule has 1 heterocycles. The van der Waals surface area contributed by atoms with Gasteiger partial charge in [0.05, 0.1) is 22.2 Å². The lowest BCUT2D eigenvalue weighted by Gasteiger charge is -2.07. The zero-order valence-corrected chi connectivity index (χ0v) is 12.8. The van der Waals surface area contributed by atoms with Crippen molar-refractivity contribution >= 4 is 43.5 Å². The molecule has 0 amide bonds. The Hall–Kier alpha value is -0.720. The molecule has 0 N–H and O–H groups in total. The Morgan fingerprint density at radius 1 is 1.39 bits per heavy atom. The number of rotatable bonds is 2. The summed E-state index contributed by atoms with van der Waals surface area (Å²) in [5.74, 6) is -0.515. The average Bonchev–Trinajstić information content (AvgIpc) is 2.35. The molecular formula is C11H6Br2ClFN2O. The molecule has 0 aliphatic heterocycles. The molecule has 0 bridgehead atoms. The monoisotopic (exact) mass is 394 g/mol. The molecule has 0 atom stereocenters. The van der Waals surface area contributed by atoms with Crippen LogP contribution in [-0.4, -0.2) is 9.78 Å². The summed E-state index contributed by atoms with van der Waals surface area (Å²) in [5.41, 5.74) is 0.185. The van der Waals surface area contributed by atoms with E-state index in [1.165, 1.54) is 23.0 Å². The lowest BCUT2D eigenvalue weighted by molar-refractivity contribution is 0.609. The summed E-state index contributed by atoms with van der Waals surface area (Å²) in [5, 5.41) is 3.96. The Labute approximate surface area is 124 Å². The summed E-state index contributed by atoms with van der Waals surface area (Å²) < 4.78 is 15.4. The van der Waals surface area contributed by atoms with E-state index in [-0.39, 0.29) is 17.1 Å². The highest BCUT2D eigenvalue weighted by Crippen LogP contribution is 2.21. The SMILES string of the molecule is O=c1c(Br)c(Br)cnn1Cc1cccc(F)c1Cl. The average molecular weight is 396 g/mol. The first-order valence-corrected chi connectivity index (χ1v) is 6.81. The van der Waals surface area contributed by atoms with Gasteiger partial charge < -0.3 is 0 Å². The van der Waals surface area contributed by atoms with Crippen molar-refractivity contribution in [2.75, 3.05) is 0 Å². The second kappa shape index (κ2) is 5.50. The maximum Gasteiger partial charge on any atom is 0.282 e. The zero-order chi connectivity index (χ0) is 13.3. The van der Waals surface area contributed by atoms with Crippen LogP contribution in [-0.2, 0) is 6.54 Å². The van der Waals surface area contributed by atoms with Crippen molar-refractivity contribution in [2.45, 2.75) is 6.54 Å². The van der Waals surface area contributed by atoms with Crippen LogP contribution in [0.3, 0.4) is 0 Å². The number of hydrogen-bond donors (Lipinski definition) is 0. The van der Waals surface area contributed by atoms with Crippen LogP contribution in [0.2, 0.25) is 5.02 Å². The highest BCUT2D eigenvalue weighted by Gasteiger charge is 2.10. The number of halogens is 4. The zero-order valence-electron chi connectivity index (χ0n) is 8.83. The number of hydrogen-bond acceptors (Lipinski definition) is 2. The van der Waals surface area contributed by atoms with Crippen LogP contribution in [0.15, 0.2) is 38.1 Å². The fourth-order valence-electron chi connectivity index (χ4n) is 1.39. The first kappa shape index (κ1) is 13.7. The van der Waals surface area contributed by atoms with E-state index in [1.54, 1.807) is 6.07 Å². The van der Waals surface area contributed by atoms with E-state index in [9.17, 15) is 9.18 Å². The van der Waals surface area contributed by atoms with Crippen molar-refractivity contribution in [3.63, 3.8) is 0 Å². The van der Waals surface area contributed by atoms with Crippen molar-refractivity contribution in [3.8, 4) is 0 Å². The summed E-state index contributed by atoms with van der Waals surface area (Å²) in [6, 6.07) is 4.45. The minimum Gasteiger partial charge on any atom is -0.266 e. The predicted molar refractivity (Wildman–Crippen MR) is 74.4 cm³/mol. The second-order valence-electron chi connectivity index (χ2n) is 3.48. The molecule has 0 spiro atoms. The molecule has 1 aromatic heterocycles. The molecule has 0 unspecified atom stereocenters. The Kier molecular flexibility index (Phi) is 4.19. The van der Waals surface area contributed by atoms with E-state index >= 15 is 0 Å². The third-order valence-corrected chi connectivity index (χ3v) is 4.62. The maximum absolute atomic E-state index is 13.3. The van der Waals surface area contributed by atoms with E-state index < -0.39 is 5.82 Å². The van der Waals surface area contributed by atoms with Gasteiger partial charge in [-0.15, -0.1) is 0 Å². The molecule has 0 aliphatic carbocycles. The normalized spacial score (nSPS) is 10.7. The highest BCUT2D eigenvalue weighted by atomic mass is 79.9. The molecule has 2 rings (SSSR count). The predicted octanol–water partition coefficient (Wildman–Crippen LogP) is 3.61. The van der Waals surface area contributed by atoms with Crippen molar-refractivity contribution in [2.24, 2.45) is 0 Å². The smallest absolute Gasteiger partial charge is 0.266 e. The maximum atomic E-state index is 13.3. The Morgan fingerprint density at radius 3 is 2.83 bits per heavy atom. The second-order valence-corrected chi connectivity index (χ2v) is 5.51. The first-order valence-electron chi connectivity index (χ1n) is 4.84. The topological polar surface area (TPSA) is 34.9 Å². The van der Waals surface area contributed by atoms with Gasteiger partial charge in [-0.3, -0.25) is 4.79 Å². The van der Waals surface area contributed by atoms with E-state index in [4.69, 9.17) is 11.6 Å². The number of nitrogens with zero attached hydrogens (tertiary/aromatic N) is 2. The van der Waals surface area contributed by atoms with Gasteiger partial charge in [-0.1, -0.05) is 23.7 Å². The van der Waals surface area contributed by atoms with E-state index in [1.807, 2.05) is 0 Å². The van der Waals surface area contributed by atoms with Gasteiger partial charge in [0.1, 0.15) is 10.3 Å². The molecule has 0 saturated heterocycles.